The van der Waals surface area contributed by atoms with Crippen LogP contribution in [0.5, 0.6) is 5.75 Å². The maximum Gasteiger partial charge on any atom is 0.417 e. The lowest BCUT2D eigenvalue weighted by molar-refractivity contribution is 0.215. The fourth-order valence-corrected chi connectivity index (χ4v) is 2.05. The summed E-state index contributed by atoms with van der Waals surface area (Å²) < 4.78 is 19.2. The molecule has 0 saturated carbocycles. The van der Waals surface area contributed by atoms with Crippen molar-refractivity contribution in [3.05, 3.63) is 78.7 Å². The smallest absolute Gasteiger partial charge is 0.410 e. The average molecular weight is 308 g/mol. The molecule has 0 aliphatic carbocycles. The minimum atomic E-state index is -0.704. The molecule has 0 atom stereocenters. The number of hydrogen-bond acceptors (Lipinski definition) is 3. The quantitative estimate of drug-likeness (QED) is 0.775. The molecule has 0 fully saturated rings. The van der Waals surface area contributed by atoms with Gasteiger partial charge in [0, 0.05) is 11.6 Å². The summed E-state index contributed by atoms with van der Waals surface area (Å²) in [6.45, 7) is 0. The van der Waals surface area contributed by atoms with E-state index >= 15 is 0 Å². The Labute approximate surface area is 132 Å². The van der Waals surface area contributed by atoms with Gasteiger partial charge < -0.3 is 4.74 Å². The molecule has 1 amide bonds. The van der Waals surface area contributed by atoms with E-state index in [2.05, 4.69) is 10.3 Å². The standard InChI is InChI=1S/C18H13FN2O2/c19-16-11-14(12-20-17(16)13-7-3-1-4-8-13)21-18(22)23-15-9-5-2-6-10-15/h1-12H,(H,21,22). The van der Waals surface area contributed by atoms with Crippen LogP contribution in [-0.2, 0) is 0 Å². The van der Waals surface area contributed by atoms with E-state index in [9.17, 15) is 9.18 Å². The van der Waals surface area contributed by atoms with Gasteiger partial charge in [0.2, 0.25) is 0 Å². The molecule has 0 spiro atoms. The van der Waals surface area contributed by atoms with Crippen molar-refractivity contribution in [1.29, 1.82) is 0 Å². The van der Waals surface area contributed by atoms with Gasteiger partial charge in [-0.1, -0.05) is 48.5 Å². The van der Waals surface area contributed by atoms with Gasteiger partial charge in [-0.2, -0.15) is 0 Å². The van der Waals surface area contributed by atoms with Gasteiger partial charge in [-0.05, 0) is 12.1 Å². The van der Waals surface area contributed by atoms with Crippen LogP contribution in [0.3, 0.4) is 0 Å². The molecule has 114 valence electrons. The van der Waals surface area contributed by atoms with Crippen molar-refractivity contribution in [2.24, 2.45) is 0 Å². The Morgan fingerprint density at radius 3 is 2.30 bits per heavy atom. The van der Waals surface area contributed by atoms with E-state index in [1.54, 1.807) is 48.5 Å². The zero-order valence-electron chi connectivity index (χ0n) is 12.1. The molecule has 1 N–H and O–H groups in total. The number of benzene rings is 2. The lowest BCUT2D eigenvalue weighted by atomic mass is 10.1. The zero-order chi connectivity index (χ0) is 16.1. The number of pyridine rings is 1. The Morgan fingerprint density at radius 2 is 1.65 bits per heavy atom. The lowest BCUT2D eigenvalue weighted by Gasteiger charge is -2.08. The van der Waals surface area contributed by atoms with E-state index < -0.39 is 11.9 Å². The number of carbonyl (C=O) groups is 1. The molecule has 0 aliphatic rings. The third-order valence-electron chi connectivity index (χ3n) is 3.09. The van der Waals surface area contributed by atoms with Crippen molar-refractivity contribution in [3.63, 3.8) is 0 Å². The van der Waals surface area contributed by atoms with Crippen molar-refractivity contribution in [1.82, 2.24) is 4.98 Å². The highest BCUT2D eigenvalue weighted by Gasteiger charge is 2.10. The van der Waals surface area contributed by atoms with Crippen LogP contribution in [0.25, 0.3) is 11.3 Å². The van der Waals surface area contributed by atoms with Crippen LogP contribution in [0.15, 0.2) is 72.9 Å². The van der Waals surface area contributed by atoms with E-state index in [0.29, 0.717) is 11.3 Å². The van der Waals surface area contributed by atoms with Crippen LogP contribution in [0.2, 0.25) is 0 Å². The van der Waals surface area contributed by atoms with Gasteiger partial charge in [-0.25, -0.2) is 9.18 Å². The molecule has 4 nitrogen and oxygen atoms in total. The van der Waals surface area contributed by atoms with E-state index in [0.717, 1.165) is 0 Å². The topological polar surface area (TPSA) is 51.2 Å². The Bertz CT molecular complexity index is 808. The molecule has 2 aromatic carbocycles. The van der Waals surface area contributed by atoms with Crippen LogP contribution in [0, 0.1) is 5.82 Å². The summed E-state index contributed by atoms with van der Waals surface area (Å²) in [6, 6.07) is 18.8. The van der Waals surface area contributed by atoms with Crippen LogP contribution in [0.4, 0.5) is 14.9 Å². The molecule has 0 aliphatic heterocycles. The highest BCUT2D eigenvalue weighted by atomic mass is 19.1. The van der Waals surface area contributed by atoms with Crippen LogP contribution in [0.1, 0.15) is 0 Å². The van der Waals surface area contributed by atoms with Crippen LogP contribution in [-0.4, -0.2) is 11.1 Å². The molecule has 1 aromatic heterocycles. The first kappa shape index (κ1) is 14.7. The minimum absolute atomic E-state index is 0.225. The summed E-state index contributed by atoms with van der Waals surface area (Å²) in [5.74, 6) is -0.118. The van der Waals surface area contributed by atoms with E-state index in [4.69, 9.17) is 4.74 Å². The predicted molar refractivity (Wildman–Crippen MR) is 85.7 cm³/mol. The van der Waals surface area contributed by atoms with Crippen molar-refractivity contribution >= 4 is 11.8 Å². The molecule has 5 heteroatoms. The van der Waals surface area contributed by atoms with E-state index in [-0.39, 0.29) is 11.4 Å². The Balaban J connectivity index is 1.72. The van der Waals surface area contributed by atoms with Crippen LogP contribution < -0.4 is 10.1 Å². The SMILES string of the molecule is O=C(Nc1cnc(-c2ccccc2)c(F)c1)Oc1ccccc1. The fourth-order valence-electron chi connectivity index (χ4n) is 2.05. The first-order valence-electron chi connectivity index (χ1n) is 6.97. The number of nitrogens with zero attached hydrogens (tertiary/aromatic N) is 1. The normalized spacial score (nSPS) is 10.1. The van der Waals surface area contributed by atoms with Gasteiger partial charge >= 0.3 is 6.09 Å². The second-order valence-electron chi connectivity index (χ2n) is 4.75. The van der Waals surface area contributed by atoms with Crippen LogP contribution >= 0.6 is 0 Å². The highest BCUT2D eigenvalue weighted by Crippen LogP contribution is 2.22. The second kappa shape index (κ2) is 6.70. The maximum atomic E-state index is 14.2. The third-order valence-corrected chi connectivity index (χ3v) is 3.09. The Morgan fingerprint density at radius 1 is 1.00 bits per heavy atom. The number of hydrogen-bond donors (Lipinski definition) is 1. The molecule has 23 heavy (non-hydrogen) atoms. The molecule has 0 saturated heterocycles. The second-order valence-corrected chi connectivity index (χ2v) is 4.75. The average Bonchev–Trinajstić information content (AvgIpc) is 2.56. The summed E-state index contributed by atoms with van der Waals surface area (Å²) >= 11 is 0. The van der Waals surface area contributed by atoms with Gasteiger partial charge in [-0.15, -0.1) is 0 Å². The Hall–Kier alpha value is -3.21. The van der Waals surface area contributed by atoms with Crippen molar-refractivity contribution in [2.75, 3.05) is 5.32 Å². The minimum Gasteiger partial charge on any atom is -0.410 e. The summed E-state index contributed by atoms with van der Waals surface area (Å²) in [6.07, 6.45) is 0.683. The number of rotatable bonds is 3. The van der Waals surface area contributed by atoms with Crippen molar-refractivity contribution in [3.8, 4) is 17.0 Å². The summed E-state index contributed by atoms with van der Waals surface area (Å²) in [7, 11) is 0. The molecule has 3 aromatic rings. The van der Waals surface area contributed by atoms with Crippen molar-refractivity contribution < 1.29 is 13.9 Å². The number of halogens is 1. The van der Waals surface area contributed by atoms with E-state index in [1.165, 1.54) is 12.3 Å². The zero-order valence-corrected chi connectivity index (χ0v) is 12.1. The molecule has 0 bridgehead atoms. The summed E-state index contributed by atoms with van der Waals surface area (Å²) in [5, 5.41) is 2.45. The van der Waals surface area contributed by atoms with Gasteiger partial charge in [-0.3, -0.25) is 10.3 Å². The number of nitrogens with one attached hydrogen (secondary N) is 1. The predicted octanol–water partition coefficient (Wildman–Crippen LogP) is 4.50. The van der Waals surface area contributed by atoms with E-state index in [1.807, 2.05) is 12.1 Å². The molecule has 1 heterocycles. The van der Waals surface area contributed by atoms with Gasteiger partial charge in [0.15, 0.2) is 5.82 Å². The fraction of sp³-hybridized carbons (Fsp3) is 0. The first-order chi connectivity index (χ1) is 11.2. The number of carbonyl (C=O) groups excluding carboxylic acids is 1. The summed E-state index contributed by atoms with van der Waals surface area (Å²) in [4.78, 5) is 15.8. The maximum absolute atomic E-state index is 14.2. The molecular formula is C18H13FN2O2. The summed E-state index contributed by atoms with van der Waals surface area (Å²) in [5.41, 5.74) is 1.12. The number of ether oxygens (including phenoxy) is 1. The number of para-hydroxylation sites is 1. The van der Waals surface area contributed by atoms with Gasteiger partial charge in [0.05, 0.1) is 11.9 Å². The lowest BCUT2D eigenvalue weighted by Crippen LogP contribution is -2.17. The van der Waals surface area contributed by atoms with Gasteiger partial charge in [0.1, 0.15) is 11.4 Å². The molecule has 0 unspecified atom stereocenters. The molecule has 3 rings (SSSR count). The Kier molecular flexibility index (Phi) is 4.29. The number of anilines is 1. The van der Waals surface area contributed by atoms with Crippen molar-refractivity contribution in [2.45, 2.75) is 0 Å². The molecule has 0 radical (unpaired) electrons. The largest absolute Gasteiger partial charge is 0.417 e. The first-order valence-corrected chi connectivity index (χ1v) is 6.97. The number of amides is 1. The monoisotopic (exact) mass is 308 g/mol. The molecular weight excluding hydrogens is 295 g/mol. The third kappa shape index (κ3) is 3.71. The number of aromatic nitrogens is 1. The highest BCUT2D eigenvalue weighted by molar-refractivity contribution is 5.86. The van der Waals surface area contributed by atoms with Gasteiger partial charge in [0.25, 0.3) is 0 Å².